The van der Waals surface area contributed by atoms with E-state index in [1.807, 2.05) is 0 Å². The summed E-state index contributed by atoms with van der Waals surface area (Å²) in [5, 5.41) is 8.45. The number of rotatable bonds is 2. The van der Waals surface area contributed by atoms with Gasteiger partial charge in [0.2, 0.25) is 0 Å². The zero-order valence-electron chi connectivity index (χ0n) is 7.56. The number of carbonyl (C=O) groups is 1. The van der Waals surface area contributed by atoms with Crippen molar-refractivity contribution in [3.8, 4) is 23.7 Å². The average molecular weight is 202 g/mol. The monoisotopic (exact) mass is 202 g/mol. The van der Waals surface area contributed by atoms with Crippen molar-refractivity contribution in [1.29, 1.82) is 0 Å². The molecular weight excluding hydrogens is 196 g/mol. The van der Waals surface area contributed by atoms with Gasteiger partial charge in [-0.25, -0.2) is 4.79 Å². The maximum atomic E-state index is 10.3. The molecule has 4 nitrogen and oxygen atoms in total. The van der Waals surface area contributed by atoms with Gasteiger partial charge in [-0.2, -0.15) is 0 Å². The molecule has 0 amide bonds. The maximum absolute atomic E-state index is 10.3. The Kier molecular flexibility index (Phi) is 2.30. The molecule has 0 saturated heterocycles. The van der Waals surface area contributed by atoms with E-state index in [0.717, 1.165) is 6.08 Å². The Labute approximate surface area is 85.7 Å². The van der Waals surface area contributed by atoms with Crippen LogP contribution in [0.1, 0.15) is 5.56 Å². The Balaban J connectivity index is 2.28. The molecule has 1 aliphatic heterocycles. The van der Waals surface area contributed by atoms with Gasteiger partial charge in [-0.3, -0.25) is 0 Å². The second-order valence-electron chi connectivity index (χ2n) is 2.79. The van der Waals surface area contributed by atoms with Gasteiger partial charge in [0.25, 0.3) is 0 Å². The molecular formula is C11H6O4. The average Bonchev–Trinajstić information content (AvgIpc) is 2.26. The lowest BCUT2D eigenvalue weighted by atomic mass is 10.2. The van der Waals surface area contributed by atoms with Gasteiger partial charge in [0, 0.05) is 6.08 Å². The molecule has 1 aromatic rings. The molecule has 1 aliphatic rings. The van der Waals surface area contributed by atoms with E-state index in [1.54, 1.807) is 18.2 Å². The first-order valence-corrected chi connectivity index (χ1v) is 4.14. The number of aliphatic carboxylic acids is 1. The number of benzene rings is 1. The fourth-order valence-electron chi connectivity index (χ4n) is 1.11. The van der Waals surface area contributed by atoms with Gasteiger partial charge >= 0.3 is 5.97 Å². The zero-order chi connectivity index (χ0) is 10.7. The van der Waals surface area contributed by atoms with Crippen LogP contribution in [0.15, 0.2) is 24.3 Å². The van der Waals surface area contributed by atoms with Crippen molar-refractivity contribution in [3.63, 3.8) is 0 Å². The van der Waals surface area contributed by atoms with Gasteiger partial charge in [0.05, 0.1) is 0 Å². The Morgan fingerprint density at radius 1 is 1.27 bits per heavy atom. The van der Waals surface area contributed by atoms with Crippen LogP contribution in [-0.2, 0) is 4.79 Å². The Bertz CT molecular complexity index is 491. The van der Waals surface area contributed by atoms with Crippen molar-refractivity contribution >= 4 is 12.0 Å². The molecule has 74 valence electrons. The molecule has 0 bridgehead atoms. The molecule has 2 rings (SSSR count). The zero-order valence-corrected chi connectivity index (χ0v) is 7.56. The standard InChI is InChI=1S/C11H6O4/c12-11(13)4-2-8-1-3-9-10(7-8)15-6-5-14-9/h1-4,7H,(H,12,13)/b4-2+. The summed E-state index contributed by atoms with van der Waals surface area (Å²) in [4.78, 5) is 10.3. The van der Waals surface area contributed by atoms with E-state index in [9.17, 15) is 4.79 Å². The van der Waals surface area contributed by atoms with Gasteiger partial charge in [-0.05, 0) is 23.8 Å². The normalized spacial score (nSPS) is 12.0. The van der Waals surface area contributed by atoms with E-state index in [4.69, 9.17) is 14.6 Å². The summed E-state index contributed by atoms with van der Waals surface area (Å²) in [7, 11) is 0. The second-order valence-corrected chi connectivity index (χ2v) is 2.79. The summed E-state index contributed by atoms with van der Waals surface area (Å²) in [6.07, 6.45) is 7.17. The first kappa shape index (κ1) is 9.16. The molecule has 1 heterocycles. The number of ether oxygens (including phenoxy) is 2. The Hall–Kier alpha value is -2.41. The molecule has 1 aromatic carbocycles. The fourth-order valence-corrected chi connectivity index (χ4v) is 1.11. The molecule has 0 unspecified atom stereocenters. The lowest BCUT2D eigenvalue weighted by Gasteiger charge is -2.07. The second kappa shape index (κ2) is 3.76. The molecule has 0 saturated carbocycles. The van der Waals surface area contributed by atoms with Gasteiger partial charge in [0.1, 0.15) is 0 Å². The van der Waals surface area contributed by atoms with Crippen LogP contribution < -0.4 is 9.47 Å². The van der Waals surface area contributed by atoms with Crippen LogP contribution in [0.3, 0.4) is 0 Å². The summed E-state index contributed by atoms with van der Waals surface area (Å²) < 4.78 is 9.98. The van der Waals surface area contributed by atoms with Crippen molar-refractivity contribution in [3.05, 3.63) is 29.8 Å². The number of carboxylic acids is 1. The minimum absolute atomic E-state index is 0.487. The van der Waals surface area contributed by atoms with Crippen LogP contribution in [0.25, 0.3) is 6.08 Å². The van der Waals surface area contributed by atoms with Crippen LogP contribution in [0, 0.1) is 12.2 Å². The molecule has 0 aromatic heterocycles. The molecule has 0 aliphatic carbocycles. The molecule has 1 N–H and O–H groups in total. The molecule has 15 heavy (non-hydrogen) atoms. The van der Waals surface area contributed by atoms with E-state index in [-0.39, 0.29) is 0 Å². The van der Waals surface area contributed by atoms with Crippen LogP contribution in [0.5, 0.6) is 11.5 Å². The third-order valence-corrected chi connectivity index (χ3v) is 1.75. The van der Waals surface area contributed by atoms with Gasteiger partial charge < -0.3 is 14.6 Å². The van der Waals surface area contributed by atoms with Crippen LogP contribution >= 0.6 is 0 Å². The lowest BCUT2D eigenvalue weighted by molar-refractivity contribution is -0.131. The Morgan fingerprint density at radius 3 is 2.73 bits per heavy atom. The van der Waals surface area contributed by atoms with Crippen LogP contribution in [0.4, 0.5) is 0 Å². The van der Waals surface area contributed by atoms with E-state index >= 15 is 0 Å². The SMILES string of the molecule is O=C(O)/C=C/c1ccc2c(c1)OC#CO2. The molecule has 0 spiro atoms. The smallest absolute Gasteiger partial charge is 0.328 e. The minimum atomic E-state index is -0.996. The van der Waals surface area contributed by atoms with Gasteiger partial charge in [-0.1, -0.05) is 6.07 Å². The summed E-state index contributed by atoms with van der Waals surface area (Å²) >= 11 is 0. The predicted octanol–water partition coefficient (Wildman–Crippen LogP) is 1.47. The van der Waals surface area contributed by atoms with E-state index in [0.29, 0.717) is 17.1 Å². The molecule has 0 atom stereocenters. The van der Waals surface area contributed by atoms with E-state index in [2.05, 4.69) is 12.2 Å². The van der Waals surface area contributed by atoms with Crippen LogP contribution in [-0.4, -0.2) is 11.1 Å². The van der Waals surface area contributed by atoms with Crippen molar-refractivity contribution < 1.29 is 19.4 Å². The minimum Gasteiger partial charge on any atom is -0.478 e. The highest BCUT2D eigenvalue weighted by molar-refractivity contribution is 5.85. The van der Waals surface area contributed by atoms with Gasteiger partial charge in [-0.15, -0.1) is 0 Å². The number of hydrogen-bond donors (Lipinski definition) is 1. The quantitative estimate of drug-likeness (QED) is 0.582. The third-order valence-electron chi connectivity index (χ3n) is 1.75. The van der Waals surface area contributed by atoms with Crippen molar-refractivity contribution in [2.75, 3.05) is 0 Å². The van der Waals surface area contributed by atoms with E-state index in [1.165, 1.54) is 6.08 Å². The predicted molar refractivity (Wildman–Crippen MR) is 52.1 cm³/mol. The summed E-state index contributed by atoms with van der Waals surface area (Å²) in [6, 6.07) is 5.04. The number of hydrogen-bond acceptors (Lipinski definition) is 3. The number of fused-ring (bicyclic) bond motifs is 1. The first-order chi connectivity index (χ1) is 7.25. The van der Waals surface area contributed by atoms with Crippen LogP contribution in [0.2, 0.25) is 0 Å². The van der Waals surface area contributed by atoms with Crippen molar-refractivity contribution in [2.45, 2.75) is 0 Å². The summed E-state index contributed by atoms with van der Waals surface area (Å²) in [5.41, 5.74) is 0.712. The summed E-state index contributed by atoms with van der Waals surface area (Å²) in [5.74, 6) is 0.0206. The van der Waals surface area contributed by atoms with E-state index < -0.39 is 5.97 Å². The molecule has 4 heteroatoms. The maximum Gasteiger partial charge on any atom is 0.328 e. The topological polar surface area (TPSA) is 55.8 Å². The lowest BCUT2D eigenvalue weighted by Crippen LogP contribution is -1.96. The third kappa shape index (κ3) is 2.09. The van der Waals surface area contributed by atoms with Crippen molar-refractivity contribution in [1.82, 2.24) is 0 Å². The highest BCUT2D eigenvalue weighted by Gasteiger charge is 2.08. The highest BCUT2D eigenvalue weighted by Crippen LogP contribution is 2.29. The molecule has 0 fully saturated rings. The first-order valence-electron chi connectivity index (χ1n) is 4.14. The largest absolute Gasteiger partial charge is 0.478 e. The fraction of sp³-hybridized carbons (Fsp3) is 0. The summed E-state index contributed by atoms with van der Waals surface area (Å²) in [6.45, 7) is 0. The van der Waals surface area contributed by atoms with Crippen molar-refractivity contribution in [2.24, 2.45) is 0 Å². The highest BCUT2D eigenvalue weighted by atomic mass is 16.5. The van der Waals surface area contributed by atoms with Gasteiger partial charge in [0.15, 0.2) is 23.7 Å². The number of carboxylic acid groups (broad SMARTS) is 1. The Morgan fingerprint density at radius 2 is 2.00 bits per heavy atom. The molecule has 0 radical (unpaired) electrons.